The highest BCUT2D eigenvalue weighted by Gasteiger charge is 2.34. The summed E-state index contributed by atoms with van der Waals surface area (Å²) in [5.74, 6) is 0. The number of halogens is 2. The maximum atomic E-state index is 12.6. The zero-order valence-corrected chi connectivity index (χ0v) is 8.57. The highest BCUT2D eigenvalue weighted by atomic mass is 32.2. The second-order valence-corrected chi connectivity index (χ2v) is 4.39. The molecule has 2 unspecified atom stereocenters. The van der Waals surface area contributed by atoms with Gasteiger partial charge in [0, 0.05) is 16.2 Å². The molecule has 0 heterocycles. The van der Waals surface area contributed by atoms with Gasteiger partial charge in [0.15, 0.2) is 0 Å². The Morgan fingerprint density at radius 1 is 1.62 bits per heavy atom. The lowest BCUT2D eigenvalue weighted by Gasteiger charge is -2.34. The Hall–Kier alpha value is -0.310. The fraction of sp³-hybridized carbons (Fsp3) is 0.500. The van der Waals surface area contributed by atoms with Crippen LogP contribution in [0.3, 0.4) is 0 Å². The zero-order chi connectivity index (χ0) is 10.1. The van der Waals surface area contributed by atoms with E-state index in [0.29, 0.717) is 0 Å². The molecule has 13 heavy (non-hydrogen) atoms. The van der Waals surface area contributed by atoms with Gasteiger partial charge in [-0.2, -0.15) is 11.8 Å². The first-order valence-corrected chi connectivity index (χ1v) is 5.33. The molecule has 0 N–H and O–H groups in total. The molecule has 1 aliphatic rings. The molecule has 0 nitrogen and oxygen atoms in total. The predicted octanol–water partition coefficient (Wildman–Crippen LogP) is 3.32. The third-order valence-corrected chi connectivity index (χ3v) is 3.44. The van der Waals surface area contributed by atoms with Crippen LogP contribution >= 0.6 is 11.8 Å². The average molecular weight is 203 g/mol. The summed E-state index contributed by atoms with van der Waals surface area (Å²) in [5.41, 5.74) is -0.229. The van der Waals surface area contributed by atoms with Crippen LogP contribution in [0.25, 0.3) is 0 Å². The van der Waals surface area contributed by atoms with Gasteiger partial charge in [-0.3, -0.25) is 0 Å². The van der Waals surface area contributed by atoms with Crippen LogP contribution in [0.1, 0.15) is 6.92 Å². The Morgan fingerprint density at radius 2 is 2.23 bits per heavy atom. The van der Waals surface area contributed by atoms with Gasteiger partial charge in [0.1, 0.15) is 0 Å². The minimum absolute atomic E-state index is 0.188. The van der Waals surface area contributed by atoms with Gasteiger partial charge in [-0.15, -0.1) is 0 Å². The SMILES string of the molecule is [CH2]C1(C)C=CC=C(C(F)F)C1SC. The molecule has 3 heteroatoms. The monoisotopic (exact) mass is 203 g/mol. The maximum absolute atomic E-state index is 12.6. The summed E-state index contributed by atoms with van der Waals surface area (Å²) in [6.07, 6.45) is 4.51. The average Bonchev–Trinajstić information content (AvgIpc) is 2.02. The number of alkyl halides is 2. The van der Waals surface area contributed by atoms with Crippen molar-refractivity contribution in [2.24, 2.45) is 5.41 Å². The zero-order valence-electron chi connectivity index (χ0n) is 7.76. The molecule has 1 radical (unpaired) electrons. The molecule has 2 atom stereocenters. The lowest BCUT2D eigenvalue weighted by atomic mass is 9.81. The van der Waals surface area contributed by atoms with E-state index in [0.717, 1.165) is 0 Å². The van der Waals surface area contributed by atoms with Crippen molar-refractivity contribution in [2.45, 2.75) is 18.6 Å². The summed E-state index contributed by atoms with van der Waals surface area (Å²) in [6.45, 7) is 5.81. The summed E-state index contributed by atoms with van der Waals surface area (Å²) >= 11 is 1.43. The first-order chi connectivity index (χ1) is 5.99. The quantitative estimate of drug-likeness (QED) is 0.663. The lowest BCUT2D eigenvalue weighted by molar-refractivity contribution is 0.180. The summed E-state index contributed by atoms with van der Waals surface area (Å²) in [7, 11) is 0. The van der Waals surface area contributed by atoms with E-state index in [1.165, 1.54) is 17.8 Å². The molecule has 0 aromatic carbocycles. The van der Waals surface area contributed by atoms with Gasteiger partial charge in [-0.1, -0.05) is 25.2 Å². The van der Waals surface area contributed by atoms with Crippen molar-refractivity contribution in [1.29, 1.82) is 0 Å². The van der Waals surface area contributed by atoms with Crippen LogP contribution in [0.4, 0.5) is 8.78 Å². The maximum Gasteiger partial charge on any atom is 0.261 e. The third kappa shape index (κ3) is 2.13. The minimum Gasteiger partial charge on any atom is -0.205 e. The molecule has 0 fully saturated rings. The number of allylic oxidation sites excluding steroid dienone is 3. The van der Waals surface area contributed by atoms with E-state index in [4.69, 9.17) is 0 Å². The van der Waals surface area contributed by atoms with Gasteiger partial charge in [0.05, 0.1) is 0 Å². The van der Waals surface area contributed by atoms with Crippen molar-refractivity contribution in [3.05, 3.63) is 30.7 Å². The van der Waals surface area contributed by atoms with Gasteiger partial charge in [-0.05, 0) is 13.2 Å². The molecule has 0 saturated carbocycles. The van der Waals surface area contributed by atoms with Crippen LogP contribution in [0, 0.1) is 12.3 Å². The molecule has 0 aliphatic heterocycles. The van der Waals surface area contributed by atoms with Crippen LogP contribution < -0.4 is 0 Å². The fourth-order valence-electron chi connectivity index (χ4n) is 1.53. The Balaban J connectivity index is 2.96. The first kappa shape index (κ1) is 10.8. The molecule has 1 rings (SSSR count). The normalized spacial score (nSPS) is 26.3. The predicted molar refractivity (Wildman–Crippen MR) is 54.0 cm³/mol. The van der Waals surface area contributed by atoms with E-state index in [9.17, 15) is 8.78 Å². The van der Waals surface area contributed by atoms with Crippen LogP contribution in [0.15, 0.2) is 23.8 Å². The topological polar surface area (TPSA) is 0 Å². The van der Waals surface area contributed by atoms with E-state index in [1.807, 2.05) is 19.3 Å². The summed E-state index contributed by atoms with van der Waals surface area (Å²) in [6, 6.07) is 0. The second-order valence-electron chi connectivity index (χ2n) is 3.45. The van der Waals surface area contributed by atoms with Crippen molar-refractivity contribution >= 4 is 11.8 Å². The van der Waals surface area contributed by atoms with E-state index in [-0.39, 0.29) is 10.8 Å². The largest absolute Gasteiger partial charge is 0.261 e. The first-order valence-electron chi connectivity index (χ1n) is 4.04. The summed E-state index contributed by atoms with van der Waals surface area (Å²) in [4.78, 5) is 0. The number of hydrogen-bond acceptors (Lipinski definition) is 1. The molecule has 0 aromatic rings. The smallest absolute Gasteiger partial charge is 0.205 e. The van der Waals surface area contributed by atoms with Gasteiger partial charge < -0.3 is 0 Å². The Labute approximate surface area is 82.1 Å². The van der Waals surface area contributed by atoms with Crippen molar-refractivity contribution in [1.82, 2.24) is 0 Å². The van der Waals surface area contributed by atoms with Crippen LogP contribution in [-0.4, -0.2) is 17.9 Å². The van der Waals surface area contributed by atoms with Crippen LogP contribution in [0.2, 0.25) is 0 Å². The van der Waals surface area contributed by atoms with Crippen molar-refractivity contribution < 1.29 is 8.78 Å². The highest BCUT2D eigenvalue weighted by Crippen LogP contribution is 2.40. The molecular weight excluding hydrogens is 190 g/mol. The van der Waals surface area contributed by atoms with Crippen molar-refractivity contribution in [2.75, 3.05) is 6.26 Å². The van der Waals surface area contributed by atoms with Crippen LogP contribution in [0.5, 0.6) is 0 Å². The van der Waals surface area contributed by atoms with E-state index < -0.39 is 11.8 Å². The number of thioether (sulfide) groups is 1. The van der Waals surface area contributed by atoms with E-state index >= 15 is 0 Å². The third-order valence-electron chi connectivity index (χ3n) is 2.16. The molecule has 0 bridgehead atoms. The fourth-order valence-corrected chi connectivity index (χ4v) is 2.60. The van der Waals surface area contributed by atoms with Gasteiger partial charge in [0.2, 0.25) is 0 Å². The van der Waals surface area contributed by atoms with Gasteiger partial charge in [0.25, 0.3) is 6.43 Å². The molecule has 1 aliphatic carbocycles. The Bertz CT molecular complexity index is 241. The van der Waals surface area contributed by atoms with Gasteiger partial charge >= 0.3 is 0 Å². The van der Waals surface area contributed by atoms with Gasteiger partial charge in [-0.25, -0.2) is 8.78 Å². The lowest BCUT2D eigenvalue weighted by Crippen LogP contribution is -2.31. The molecule has 0 aromatic heterocycles. The molecule has 0 saturated heterocycles. The number of rotatable bonds is 2. The molecular formula is C10H13F2S. The highest BCUT2D eigenvalue weighted by molar-refractivity contribution is 7.99. The minimum atomic E-state index is -2.37. The van der Waals surface area contributed by atoms with Crippen molar-refractivity contribution in [3.8, 4) is 0 Å². The standard InChI is InChI=1S/C10H13F2S/c1-10(2)6-4-5-7(9(11)12)8(10)13-3/h4-6,8-9H,1H2,2-3H3. The van der Waals surface area contributed by atoms with Crippen LogP contribution in [-0.2, 0) is 0 Å². The van der Waals surface area contributed by atoms with E-state index in [1.54, 1.807) is 6.08 Å². The second kappa shape index (κ2) is 3.82. The van der Waals surface area contributed by atoms with E-state index in [2.05, 4.69) is 6.92 Å². The molecule has 73 valence electrons. The molecule has 0 spiro atoms. The molecule has 0 amide bonds. The summed E-state index contributed by atoms with van der Waals surface area (Å²) < 4.78 is 25.1. The Kier molecular flexibility index (Phi) is 3.17. The summed E-state index contributed by atoms with van der Waals surface area (Å²) in [5, 5.41) is -0.211. The number of hydrogen-bond donors (Lipinski definition) is 0. The van der Waals surface area contributed by atoms with Crippen molar-refractivity contribution in [3.63, 3.8) is 0 Å². The Morgan fingerprint density at radius 3 is 2.62 bits per heavy atom.